The van der Waals surface area contributed by atoms with Crippen LogP contribution < -0.4 is 0 Å². The second kappa shape index (κ2) is 6.54. The summed E-state index contributed by atoms with van der Waals surface area (Å²) in [7, 11) is 0. The van der Waals surface area contributed by atoms with Crippen LogP contribution in [0.5, 0.6) is 0 Å². The molecule has 0 aromatic carbocycles. The van der Waals surface area contributed by atoms with E-state index in [1.54, 1.807) is 26.2 Å². The summed E-state index contributed by atoms with van der Waals surface area (Å²) in [5.74, 6) is 1.27. The van der Waals surface area contributed by atoms with Gasteiger partial charge in [0.15, 0.2) is 5.82 Å². The Morgan fingerprint density at radius 2 is 2.05 bits per heavy atom. The lowest BCUT2D eigenvalue weighted by molar-refractivity contribution is 0.0439. The summed E-state index contributed by atoms with van der Waals surface area (Å²) in [6.45, 7) is 8.68. The first-order valence-electron chi connectivity index (χ1n) is 7.35. The number of hydrogen-bond donors (Lipinski definition) is 1. The molecule has 2 heterocycles. The molecule has 0 saturated carbocycles. The van der Waals surface area contributed by atoms with Crippen LogP contribution in [0.1, 0.15) is 51.9 Å². The molecule has 1 aliphatic rings. The van der Waals surface area contributed by atoms with Crippen LogP contribution in [0, 0.1) is 0 Å². The lowest BCUT2D eigenvalue weighted by Crippen LogP contribution is -2.19. The van der Waals surface area contributed by atoms with E-state index in [0.717, 1.165) is 36.3 Å². The molecule has 1 N–H and O–H groups in total. The minimum absolute atomic E-state index is 0.210. The molecule has 1 aliphatic heterocycles. The monoisotopic (exact) mass is 292 g/mol. The first kappa shape index (κ1) is 15.9. The van der Waals surface area contributed by atoms with E-state index in [1.807, 2.05) is 13.8 Å². The molecule has 0 spiro atoms. The predicted octanol–water partition coefficient (Wildman–Crippen LogP) is 2.65. The van der Waals surface area contributed by atoms with Crippen molar-refractivity contribution in [2.24, 2.45) is 0 Å². The number of allylic oxidation sites excluding steroid dienone is 2. The lowest BCUT2D eigenvalue weighted by atomic mass is 10.1. The van der Waals surface area contributed by atoms with E-state index in [2.05, 4.69) is 9.97 Å². The van der Waals surface area contributed by atoms with Gasteiger partial charge in [-0.15, -0.1) is 0 Å². The van der Waals surface area contributed by atoms with Crippen molar-refractivity contribution in [2.45, 2.75) is 52.2 Å². The van der Waals surface area contributed by atoms with Crippen LogP contribution in [0.2, 0.25) is 0 Å². The Balaban J connectivity index is 2.02. The third-order valence-corrected chi connectivity index (χ3v) is 3.67. The van der Waals surface area contributed by atoms with Crippen molar-refractivity contribution in [3.05, 3.63) is 29.5 Å². The fraction of sp³-hybridized carbons (Fsp3) is 0.625. The first-order chi connectivity index (χ1) is 9.88. The maximum absolute atomic E-state index is 9.86. The van der Waals surface area contributed by atoms with Crippen molar-refractivity contribution in [3.63, 3.8) is 0 Å². The van der Waals surface area contributed by atoms with Crippen molar-refractivity contribution in [3.8, 4) is 0 Å². The quantitative estimate of drug-likeness (QED) is 0.845. The summed E-state index contributed by atoms with van der Waals surface area (Å²) >= 11 is 0. The zero-order chi connectivity index (χ0) is 15.5. The Morgan fingerprint density at radius 3 is 2.57 bits per heavy atom. The van der Waals surface area contributed by atoms with Crippen LogP contribution in [0.4, 0.5) is 0 Å². The molecule has 0 radical (unpaired) electrons. The number of ether oxygens (including phenoxy) is 2. The van der Waals surface area contributed by atoms with Crippen LogP contribution in [0.25, 0.3) is 5.57 Å². The summed E-state index contributed by atoms with van der Waals surface area (Å²) in [4.78, 5) is 8.43. The second-order valence-electron chi connectivity index (χ2n) is 5.98. The summed E-state index contributed by atoms with van der Waals surface area (Å²) in [6, 6.07) is 0. The van der Waals surface area contributed by atoms with Crippen LogP contribution in [-0.4, -0.2) is 34.4 Å². The van der Waals surface area contributed by atoms with Gasteiger partial charge in [0, 0.05) is 24.6 Å². The average Bonchev–Trinajstić information content (AvgIpc) is 2.96. The van der Waals surface area contributed by atoms with E-state index in [0.29, 0.717) is 12.4 Å². The molecule has 0 aliphatic carbocycles. The number of aromatic nitrogens is 2. The Bertz CT molecular complexity index is 497. The van der Waals surface area contributed by atoms with Gasteiger partial charge in [0.2, 0.25) is 0 Å². The van der Waals surface area contributed by atoms with Crippen LogP contribution in [0.15, 0.2) is 18.2 Å². The topological polar surface area (TPSA) is 64.5 Å². The maximum Gasteiger partial charge on any atom is 0.159 e. The molecule has 1 atom stereocenters. The number of aliphatic hydroxyl groups is 1. The summed E-state index contributed by atoms with van der Waals surface area (Å²) < 4.78 is 11.3. The largest absolute Gasteiger partial charge is 0.495 e. The van der Waals surface area contributed by atoms with Gasteiger partial charge in [-0.25, -0.2) is 9.97 Å². The van der Waals surface area contributed by atoms with Crippen molar-refractivity contribution >= 4 is 5.57 Å². The van der Waals surface area contributed by atoms with Crippen molar-refractivity contribution in [2.75, 3.05) is 13.2 Å². The molecule has 0 bridgehead atoms. The highest BCUT2D eigenvalue weighted by Gasteiger charge is 2.20. The molecule has 1 aromatic rings. The van der Waals surface area contributed by atoms with Gasteiger partial charge in [0.1, 0.15) is 12.2 Å². The summed E-state index contributed by atoms with van der Waals surface area (Å²) in [5, 5.41) is 9.86. The van der Waals surface area contributed by atoms with Gasteiger partial charge < -0.3 is 14.6 Å². The molecule has 0 amide bonds. The third-order valence-electron chi connectivity index (χ3n) is 3.67. The van der Waals surface area contributed by atoms with E-state index >= 15 is 0 Å². The van der Waals surface area contributed by atoms with Crippen LogP contribution in [0.3, 0.4) is 0 Å². The van der Waals surface area contributed by atoms with E-state index in [-0.39, 0.29) is 6.10 Å². The highest BCUT2D eigenvalue weighted by molar-refractivity contribution is 5.63. The zero-order valence-corrected chi connectivity index (χ0v) is 13.2. The van der Waals surface area contributed by atoms with Gasteiger partial charge in [-0.3, -0.25) is 0 Å². The summed E-state index contributed by atoms with van der Waals surface area (Å²) in [5.41, 5.74) is 0.866. The van der Waals surface area contributed by atoms with Gasteiger partial charge in [0.05, 0.1) is 11.9 Å². The van der Waals surface area contributed by atoms with Crippen molar-refractivity contribution < 1.29 is 14.6 Å². The van der Waals surface area contributed by atoms with Gasteiger partial charge in [-0.05, 0) is 46.1 Å². The van der Waals surface area contributed by atoms with Gasteiger partial charge >= 0.3 is 0 Å². The molecule has 21 heavy (non-hydrogen) atoms. The van der Waals surface area contributed by atoms with E-state index in [4.69, 9.17) is 9.47 Å². The highest BCUT2D eigenvalue weighted by Crippen LogP contribution is 2.21. The summed E-state index contributed by atoms with van der Waals surface area (Å²) in [6.07, 6.45) is 5.82. The number of nitrogens with zero attached hydrogens (tertiary/aromatic N) is 2. The van der Waals surface area contributed by atoms with Crippen molar-refractivity contribution in [1.82, 2.24) is 9.97 Å². The lowest BCUT2D eigenvalue weighted by Gasteiger charge is -2.16. The van der Waals surface area contributed by atoms with E-state index < -0.39 is 5.60 Å². The molecule has 1 saturated heterocycles. The van der Waals surface area contributed by atoms with Crippen molar-refractivity contribution in [1.29, 1.82) is 0 Å². The molecule has 2 rings (SSSR count). The Hall–Kier alpha value is -1.46. The molecular formula is C16H24N2O3. The van der Waals surface area contributed by atoms with Gasteiger partial charge in [-0.1, -0.05) is 0 Å². The Kier molecular flexibility index (Phi) is 4.96. The second-order valence-corrected chi connectivity index (χ2v) is 5.98. The molecule has 1 aromatic heterocycles. The highest BCUT2D eigenvalue weighted by atomic mass is 16.5. The fourth-order valence-corrected chi connectivity index (χ4v) is 2.14. The number of hydrogen-bond acceptors (Lipinski definition) is 5. The average molecular weight is 292 g/mol. The maximum atomic E-state index is 9.86. The first-order valence-corrected chi connectivity index (χ1v) is 7.35. The minimum Gasteiger partial charge on any atom is -0.495 e. The standard InChI is InChI=1S/C16H24N2O3/c1-11(12(2)21-10-14-6-5-7-20-14)13-8-17-15(18-9-13)16(3,4)19/h8-9,14,19H,5-7,10H2,1-4H3. The minimum atomic E-state index is -1.03. The van der Waals surface area contributed by atoms with Gasteiger partial charge in [0.25, 0.3) is 0 Å². The van der Waals surface area contributed by atoms with Gasteiger partial charge in [-0.2, -0.15) is 0 Å². The van der Waals surface area contributed by atoms with Crippen LogP contribution in [-0.2, 0) is 15.1 Å². The molecular weight excluding hydrogens is 268 g/mol. The van der Waals surface area contributed by atoms with E-state index in [9.17, 15) is 5.11 Å². The SMILES string of the molecule is CC(OCC1CCCO1)=C(C)c1cnc(C(C)(C)O)nc1. The Morgan fingerprint density at radius 1 is 1.38 bits per heavy atom. The molecule has 1 unspecified atom stereocenters. The molecule has 5 nitrogen and oxygen atoms in total. The molecule has 116 valence electrons. The number of rotatable bonds is 5. The molecule has 5 heteroatoms. The molecule has 1 fully saturated rings. The zero-order valence-electron chi connectivity index (χ0n) is 13.2. The fourth-order valence-electron chi connectivity index (χ4n) is 2.14. The predicted molar refractivity (Wildman–Crippen MR) is 80.5 cm³/mol. The van der Waals surface area contributed by atoms with Crippen LogP contribution >= 0.6 is 0 Å². The Labute approximate surface area is 126 Å². The normalized spacial score (nSPS) is 20.3. The van der Waals surface area contributed by atoms with E-state index in [1.165, 1.54) is 0 Å². The third kappa shape index (κ3) is 4.25. The smallest absolute Gasteiger partial charge is 0.159 e.